The van der Waals surface area contributed by atoms with Crippen LogP contribution in [-0.4, -0.2) is 39.6 Å². The van der Waals surface area contributed by atoms with Gasteiger partial charge in [-0.3, -0.25) is 13.9 Å². The van der Waals surface area contributed by atoms with E-state index < -0.39 is 22.5 Å². The van der Waals surface area contributed by atoms with E-state index in [4.69, 9.17) is 0 Å². The highest BCUT2D eigenvalue weighted by atomic mass is 32.2. The molecule has 2 aromatic rings. The van der Waals surface area contributed by atoms with E-state index in [0.717, 1.165) is 28.1 Å². The van der Waals surface area contributed by atoms with Crippen molar-refractivity contribution in [3.05, 3.63) is 59.2 Å². The number of nitrogens with zero attached hydrogens (tertiary/aromatic N) is 1. The maximum absolute atomic E-state index is 12.7. The van der Waals surface area contributed by atoms with Crippen LogP contribution in [0.5, 0.6) is 0 Å². The smallest absolute Gasteiger partial charge is 0.253 e. The number of amides is 2. The highest BCUT2D eigenvalue weighted by Crippen LogP contribution is 2.24. The molecule has 2 aromatic carbocycles. The lowest BCUT2D eigenvalue weighted by atomic mass is 10.1. The number of para-hydroxylation sites is 1. The third-order valence-corrected chi connectivity index (χ3v) is 5.43. The molecule has 0 bridgehead atoms. The molecule has 0 saturated carbocycles. The molecule has 0 heterocycles. The molecular weight excluding hydrogens is 390 g/mol. The Kier molecular flexibility index (Phi) is 7.39. The zero-order valence-electron chi connectivity index (χ0n) is 17.2. The quantitative estimate of drug-likeness (QED) is 0.690. The summed E-state index contributed by atoms with van der Waals surface area (Å²) in [6.07, 6.45) is 1.85. The fraction of sp³-hybridized carbons (Fsp3) is 0.333. The van der Waals surface area contributed by atoms with Crippen LogP contribution in [0.1, 0.15) is 34.8 Å². The van der Waals surface area contributed by atoms with Gasteiger partial charge in [0.2, 0.25) is 15.9 Å². The van der Waals surface area contributed by atoms with Crippen LogP contribution in [-0.2, 0) is 14.8 Å². The van der Waals surface area contributed by atoms with Crippen LogP contribution in [0.3, 0.4) is 0 Å². The first-order valence-electron chi connectivity index (χ1n) is 9.35. The van der Waals surface area contributed by atoms with Gasteiger partial charge in [0.25, 0.3) is 5.91 Å². The normalized spacial score (nSPS) is 11.0. The van der Waals surface area contributed by atoms with Crippen LogP contribution in [0.25, 0.3) is 0 Å². The molecule has 2 N–H and O–H groups in total. The number of hydrogen-bond acceptors (Lipinski definition) is 4. The lowest BCUT2D eigenvalue weighted by Crippen LogP contribution is -2.38. The van der Waals surface area contributed by atoms with Crippen LogP contribution < -0.4 is 14.9 Å². The summed E-state index contributed by atoms with van der Waals surface area (Å²) in [5.74, 6) is -0.829. The molecule has 7 nitrogen and oxygen atoms in total. The van der Waals surface area contributed by atoms with Gasteiger partial charge in [-0.1, -0.05) is 31.2 Å². The van der Waals surface area contributed by atoms with E-state index >= 15 is 0 Å². The summed E-state index contributed by atoms with van der Waals surface area (Å²) in [6.45, 7) is 5.72. The average molecular weight is 418 g/mol. The number of benzene rings is 2. The third kappa shape index (κ3) is 6.05. The zero-order valence-corrected chi connectivity index (χ0v) is 18.0. The molecule has 0 radical (unpaired) electrons. The minimum absolute atomic E-state index is 0.294. The summed E-state index contributed by atoms with van der Waals surface area (Å²) in [6, 6.07) is 12.1. The Hall–Kier alpha value is -2.87. The molecule has 8 heteroatoms. The van der Waals surface area contributed by atoms with Crippen molar-refractivity contribution in [1.82, 2.24) is 5.32 Å². The molecule has 0 aromatic heterocycles. The fourth-order valence-electron chi connectivity index (χ4n) is 2.81. The van der Waals surface area contributed by atoms with Crippen LogP contribution in [0, 0.1) is 13.8 Å². The maximum atomic E-state index is 12.7. The van der Waals surface area contributed by atoms with Crippen molar-refractivity contribution in [2.45, 2.75) is 27.2 Å². The first-order valence-corrected chi connectivity index (χ1v) is 11.2. The molecule has 0 unspecified atom stereocenters. The van der Waals surface area contributed by atoms with Crippen LogP contribution in [0.2, 0.25) is 0 Å². The first-order chi connectivity index (χ1) is 13.6. The molecule has 0 saturated heterocycles. The standard InChI is InChI=1S/C21H27N3O4S/c1-5-12-22-21(26)17-8-6-7-9-18(17)23-20(25)14-24(29(4,27)28)19-13-15(2)10-11-16(19)3/h6-11,13H,5,12,14H2,1-4H3,(H,22,26)(H,23,25). The van der Waals surface area contributed by atoms with E-state index in [1.54, 1.807) is 37.3 Å². The molecule has 0 aliphatic heterocycles. The molecular formula is C21H27N3O4S. The van der Waals surface area contributed by atoms with Gasteiger partial charge in [0.1, 0.15) is 6.54 Å². The van der Waals surface area contributed by atoms with E-state index in [1.807, 2.05) is 26.0 Å². The molecule has 156 valence electrons. The van der Waals surface area contributed by atoms with E-state index in [1.165, 1.54) is 0 Å². The summed E-state index contributed by atoms with van der Waals surface area (Å²) in [4.78, 5) is 25.0. The second-order valence-corrected chi connectivity index (χ2v) is 8.82. The second-order valence-electron chi connectivity index (χ2n) is 6.91. The van der Waals surface area contributed by atoms with Gasteiger partial charge in [0.15, 0.2) is 0 Å². The Labute approximate surface area is 172 Å². The summed E-state index contributed by atoms with van der Waals surface area (Å²) in [5.41, 5.74) is 2.75. The number of anilines is 2. The van der Waals surface area contributed by atoms with Crippen molar-refractivity contribution < 1.29 is 18.0 Å². The number of aryl methyl sites for hydroxylation is 2. The SMILES string of the molecule is CCCNC(=O)c1ccccc1NC(=O)CN(c1cc(C)ccc1C)S(C)(=O)=O. The van der Waals surface area contributed by atoms with Gasteiger partial charge in [-0.05, 0) is 49.6 Å². The van der Waals surface area contributed by atoms with Gasteiger partial charge in [0.05, 0.1) is 23.2 Å². The predicted octanol–water partition coefficient (Wildman–Crippen LogP) is 2.85. The summed E-state index contributed by atoms with van der Waals surface area (Å²) >= 11 is 0. The Morgan fingerprint density at radius 1 is 1.07 bits per heavy atom. The molecule has 29 heavy (non-hydrogen) atoms. The Balaban J connectivity index is 2.26. The Morgan fingerprint density at radius 3 is 2.41 bits per heavy atom. The first kappa shape index (κ1) is 22.4. The largest absolute Gasteiger partial charge is 0.352 e. The van der Waals surface area contributed by atoms with Crippen molar-refractivity contribution in [1.29, 1.82) is 0 Å². The summed E-state index contributed by atoms with van der Waals surface area (Å²) in [5, 5.41) is 5.44. The van der Waals surface area contributed by atoms with Gasteiger partial charge in [-0.2, -0.15) is 0 Å². The lowest BCUT2D eigenvalue weighted by molar-refractivity contribution is -0.114. The van der Waals surface area contributed by atoms with Crippen molar-refractivity contribution in [3.8, 4) is 0 Å². The number of carbonyl (C=O) groups excluding carboxylic acids is 2. The molecule has 0 spiro atoms. The highest BCUT2D eigenvalue weighted by Gasteiger charge is 2.23. The van der Waals surface area contributed by atoms with E-state index in [9.17, 15) is 18.0 Å². The van der Waals surface area contributed by atoms with Gasteiger partial charge in [-0.25, -0.2) is 8.42 Å². The van der Waals surface area contributed by atoms with Crippen molar-refractivity contribution in [2.24, 2.45) is 0 Å². The summed E-state index contributed by atoms with van der Waals surface area (Å²) < 4.78 is 25.8. The van der Waals surface area contributed by atoms with Gasteiger partial charge in [-0.15, -0.1) is 0 Å². The maximum Gasteiger partial charge on any atom is 0.253 e. The minimum Gasteiger partial charge on any atom is -0.352 e. The average Bonchev–Trinajstić information content (AvgIpc) is 2.66. The van der Waals surface area contributed by atoms with E-state index in [0.29, 0.717) is 23.5 Å². The molecule has 0 atom stereocenters. The Bertz CT molecular complexity index is 1000. The fourth-order valence-corrected chi connectivity index (χ4v) is 3.72. The molecule has 0 fully saturated rings. The van der Waals surface area contributed by atoms with E-state index in [2.05, 4.69) is 10.6 Å². The predicted molar refractivity (Wildman–Crippen MR) is 116 cm³/mol. The second kappa shape index (κ2) is 9.56. The van der Waals surface area contributed by atoms with Gasteiger partial charge in [0, 0.05) is 6.54 Å². The molecule has 0 aliphatic rings. The van der Waals surface area contributed by atoms with Crippen LogP contribution in [0.15, 0.2) is 42.5 Å². The van der Waals surface area contributed by atoms with Crippen LogP contribution in [0.4, 0.5) is 11.4 Å². The molecule has 0 aliphatic carbocycles. The van der Waals surface area contributed by atoms with E-state index in [-0.39, 0.29) is 5.91 Å². The van der Waals surface area contributed by atoms with Gasteiger partial charge < -0.3 is 10.6 Å². The number of carbonyl (C=O) groups is 2. The number of rotatable bonds is 8. The highest BCUT2D eigenvalue weighted by molar-refractivity contribution is 7.92. The topological polar surface area (TPSA) is 95.6 Å². The monoisotopic (exact) mass is 417 g/mol. The van der Waals surface area contributed by atoms with Crippen molar-refractivity contribution in [2.75, 3.05) is 29.0 Å². The zero-order chi connectivity index (χ0) is 21.6. The van der Waals surface area contributed by atoms with Crippen molar-refractivity contribution >= 4 is 33.2 Å². The van der Waals surface area contributed by atoms with Gasteiger partial charge >= 0.3 is 0 Å². The lowest BCUT2D eigenvalue weighted by Gasteiger charge is -2.24. The number of nitrogens with one attached hydrogen (secondary N) is 2. The number of sulfonamides is 1. The molecule has 2 amide bonds. The third-order valence-electron chi connectivity index (χ3n) is 4.30. The van der Waals surface area contributed by atoms with Crippen molar-refractivity contribution in [3.63, 3.8) is 0 Å². The van der Waals surface area contributed by atoms with Crippen LogP contribution >= 0.6 is 0 Å². The summed E-state index contributed by atoms with van der Waals surface area (Å²) in [7, 11) is -3.69. The Morgan fingerprint density at radius 2 is 1.76 bits per heavy atom. The number of hydrogen-bond donors (Lipinski definition) is 2. The molecule has 2 rings (SSSR count). The minimum atomic E-state index is -3.69.